The average Bonchev–Trinajstić information content (AvgIpc) is 2.51. The molecule has 0 spiro atoms. The lowest BCUT2D eigenvalue weighted by Gasteiger charge is -2.37. The van der Waals surface area contributed by atoms with Crippen LogP contribution in [-0.2, 0) is 0 Å². The van der Waals surface area contributed by atoms with Gasteiger partial charge in [0, 0.05) is 11.6 Å². The number of nitrogens with zero attached hydrogens (tertiary/aromatic N) is 1. The van der Waals surface area contributed by atoms with Crippen LogP contribution in [0.2, 0.25) is 0 Å². The van der Waals surface area contributed by atoms with Crippen molar-refractivity contribution >= 4 is 0 Å². The van der Waals surface area contributed by atoms with Crippen molar-refractivity contribution in [2.75, 3.05) is 26.7 Å². The minimum Gasteiger partial charge on any atom is -0.394 e. The molecule has 0 saturated heterocycles. The maximum atomic E-state index is 9.78. The number of hydrogen-bond donors (Lipinski definition) is 2. The Morgan fingerprint density at radius 3 is 2.52 bits per heavy atom. The summed E-state index contributed by atoms with van der Waals surface area (Å²) in [6.45, 7) is 9.20. The van der Waals surface area contributed by atoms with Crippen LogP contribution in [0, 0.1) is 5.92 Å². The Hall–Kier alpha value is -0.120. The second-order valence-electron chi connectivity index (χ2n) is 7.13. The van der Waals surface area contributed by atoms with Gasteiger partial charge in [-0.2, -0.15) is 0 Å². The number of nitrogens with one attached hydrogen (secondary N) is 1. The molecule has 0 radical (unpaired) electrons. The van der Waals surface area contributed by atoms with Crippen molar-refractivity contribution < 1.29 is 5.11 Å². The van der Waals surface area contributed by atoms with Crippen molar-refractivity contribution in [2.45, 2.75) is 83.7 Å². The van der Waals surface area contributed by atoms with Crippen LogP contribution in [0.25, 0.3) is 0 Å². The van der Waals surface area contributed by atoms with E-state index < -0.39 is 0 Å². The highest BCUT2D eigenvalue weighted by molar-refractivity contribution is 4.87. The first-order chi connectivity index (χ1) is 10.1. The SMILES string of the molecule is CCCNC(CC)(CO)CCCN(C)C1CCCCC1C. The van der Waals surface area contributed by atoms with Crippen molar-refractivity contribution in [1.82, 2.24) is 10.2 Å². The van der Waals surface area contributed by atoms with Crippen molar-refractivity contribution in [1.29, 1.82) is 0 Å². The Kier molecular flexibility index (Phi) is 8.84. The summed E-state index contributed by atoms with van der Waals surface area (Å²) in [5.74, 6) is 0.843. The summed E-state index contributed by atoms with van der Waals surface area (Å²) >= 11 is 0. The van der Waals surface area contributed by atoms with Crippen LogP contribution in [0.15, 0.2) is 0 Å². The summed E-state index contributed by atoms with van der Waals surface area (Å²) in [6.07, 6.45) is 9.95. The predicted octanol–water partition coefficient (Wildman–Crippen LogP) is 3.42. The quantitative estimate of drug-likeness (QED) is 0.649. The van der Waals surface area contributed by atoms with Gasteiger partial charge in [-0.3, -0.25) is 0 Å². The summed E-state index contributed by atoms with van der Waals surface area (Å²) in [7, 11) is 2.29. The van der Waals surface area contributed by atoms with Gasteiger partial charge < -0.3 is 15.3 Å². The maximum Gasteiger partial charge on any atom is 0.0613 e. The molecule has 2 N–H and O–H groups in total. The molecule has 0 aromatic rings. The highest BCUT2D eigenvalue weighted by Crippen LogP contribution is 2.28. The highest BCUT2D eigenvalue weighted by Gasteiger charge is 2.28. The Labute approximate surface area is 132 Å². The van der Waals surface area contributed by atoms with E-state index in [0.29, 0.717) is 0 Å². The number of hydrogen-bond acceptors (Lipinski definition) is 3. The molecule has 1 saturated carbocycles. The summed E-state index contributed by atoms with van der Waals surface area (Å²) in [4.78, 5) is 2.57. The molecule has 0 aliphatic heterocycles. The van der Waals surface area contributed by atoms with E-state index >= 15 is 0 Å². The lowest BCUT2D eigenvalue weighted by Crippen LogP contribution is -2.49. The fourth-order valence-electron chi connectivity index (χ4n) is 3.81. The molecule has 0 amide bonds. The van der Waals surface area contributed by atoms with Crippen LogP contribution in [-0.4, -0.2) is 48.3 Å². The largest absolute Gasteiger partial charge is 0.394 e. The molecule has 3 heteroatoms. The molecule has 0 bridgehead atoms. The Morgan fingerprint density at radius 2 is 1.95 bits per heavy atom. The van der Waals surface area contributed by atoms with Gasteiger partial charge in [-0.1, -0.05) is 33.6 Å². The van der Waals surface area contributed by atoms with Crippen LogP contribution in [0.1, 0.15) is 72.1 Å². The van der Waals surface area contributed by atoms with E-state index in [1.54, 1.807) is 0 Å². The predicted molar refractivity (Wildman–Crippen MR) is 91.7 cm³/mol. The van der Waals surface area contributed by atoms with Gasteiger partial charge in [0.15, 0.2) is 0 Å². The molecule has 1 aliphatic rings. The van der Waals surface area contributed by atoms with Crippen molar-refractivity contribution in [3.05, 3.63) is 0 Å². The van der Waals surface area contributed by atoms with Crippen molar-refractivity contribution in [2.24, 2.45) is 5.92 Å². The van der Waals surface area contributed by atoms with Crippen LogP contribution in [0.4, 0.5) is 0 Å². The highest BCUT2D eigenvalue weighted by atomic mass is 16.3. The lowest BCUT2D eigenvalue weighted by atomic mass is 9.84. The normalized spacial score (nSPS) is 26.0. The van der Waals surface area contributed by atoms with E-state index in [1.165, 1.54) is 32.1 Å². The fourth-order valence-corrected chi connectivity index (χ4v) is 3.81. The van der Waals surface area contributed by atoms with Gasteiger partial charge in [-0.25, -0.2) is 0 Å². The number of aliphatic hydroxyl groups is 1. The first kappa shape index (κ1) is 18.9. The minimum atomic E-state index is -0.0605. The molecule has 3 atom stereocenters. The van der Waals surface area contributed by atoms with Gasteiger partial charge in [0.05, 0.1) is 6.61 Å². The lowest BCUT2D eigenvalue weighted by molar-refractivity contribution is 0.116. The van der Waals surface area contributed by atoms with Crippen LogP contribution in [0.3, 0.4) is 0 Å². The van der Waals surface area contributed by atoms with Crippen LogP contribution >= 0.6 is 0 Å². The van der Waals surface area contributed by atoms with E-state index in [4.69, 9.17) is 0 Å². The van der Waals surface area contributed by atoms with Crippen molar-refractivity contribution in [3.8, 4) is 0 Å². The zero-order valence-corrected chi connectivity index (χ0v) is 14.8. The molecule has 21 heavy (non-hydrogen) atoms. The third-order valence-corrected chi connectivity index (χ3v) is 5.53. The zero-order valence-electron chi connectivity index (χ0n) is 14.8. The van der Waals surface area contributed by atoms with Gasteiger partial charge in [0.2, 0.25) is 0 Å². The van der Waals surface area contributed by atoms with Crippen molar-refractivity contribution in [3.63, 3.8) is 0 Å². The summed E-state index contributed by atoms with van der Waals surface area (Å²) in [6, 6.07) is 0.771. The molecule has 126 valence electrons. The fraction of sp³-hybridized carbons (Fsp3) is 1.00. The first-order valence-electron chi connectivity index (χ1n) is 9.14. The molecule has 0 heterocycles. The maximum absolute atomic E-state index is 9.78. The minimum absolute atomic E-state index is 0.0605. The first-order valence-corrected chi connectivity index (χ1v) is 9.14. The monoisotopic (exact) mass is 298 g/mol. The Bertz CT molecular complexity index is 266. The van der Waals surface area contributed by atoms with Crippen LogP contribution in [0.5, 0.6) is 0 Å². The van der Waals surface area contributed by atoms with Crippen LogP contribution < -0.4 is 5.32 Å². The molecule has 0 aromatic heterocycles. The molecule has 0 aromatic carbocycles. The summed E-state index contributed by atoms with van der Waals surface area (Å²) in [5, 5.41) is 13.4. The standard InChI is InChI=1S/C18H38N2O/c1-5-13-19-18(6-2,15-21)12-9-14-20(4)17-11-8-7-10-16(17)3/h16-17,19,21H,5-15H2,1-4H3. The third kappa shape index (κ3) is 5.88. The van der Waals surface area contributed by atoms with Gasteiger partial charge in [-0.15, -0.1) is 0 Å². The topological polar surface area (TPSA) is 35.5 Å². The third-order valence-electron chi connectivity index (χ3n) is 5.53. The molecule has 1 fully saturated rings. The van der Waals surface area contributed by atoms with E-state index in [2.05, 4.69) is 38.0 Å². The van der Waals surface area contributed by atoms with Gasteiger partial charge in [-0.05, 0) is 64.6 Å². The molecule has 1 aliphatic carbocycles. The van der Waals surface area contributed by atoms with Gasteiger partial charge >= 0.3 is 0 Å². The van der Waals surface area contributed by atoms with E-state index in [0.717, 1.165) is 44.3 Å². The smallest absolute Gasteiger partial charge is 0.0613 e. The Morgan fingerprint density at radius 1 is 1.24 bits per heavy atom. The van der Waals surface area contributed by atoms with E-state index in [1.807, 2.05) is 0 Å². The second-order valence-corrected chi connectivity index (χ2v) is 7.13. The van der Waals surface area contributed by atoms with E-state index in [9.17, 15) is 5.11 Å². The van der Waals surface area contributed by atoms with Gasteiger partial charge in [0.1, 0.15) is 0 Å². The van der Waals surface area contributed by atoms with E-state index in [-0.39, 0.29) is 12.1 Å². The molecule has 3 nitrogen and oxygen atoms in total. The molecule has 1 rings (SSSR count). The van der Waals surface area contributed by atoms with Gasteiger partial charge in [0.25, 0.3) is 0 Å². The molecular formula is C18H38N2O. The number of rotatable bonds is 10. The summed E-state index contributed by atoms with van der Waals surface area (Å²) < 4.78 is 0. The second kappa shape index (κ2) is 9.81. The molecular weight excluding hydrogens is 260 g/mol. The zero-order chi connectivity index (χ0) is 15.7. The molecule has 3 unspecified atom stereocenters. The average molecular weight is 299 g/mol. The summed E-state index contributed by atoms with van der Waals surface area (Å²) in [5.41, 5.74) is -0.0605. The Balaban J connectivity index is 2.38. The number of aliphatic hydroxyl groups excluding tert-OH is 1.